The standard InChI is InChI=1S/C14H21NO3/c1-17-14-8-7-11(10-15-14)13(16)6-2-4-12-5-3-9-18-12/h7-8,10,12-13,16H,2-6,9H2,1H3. The Kier molecular flexibility index (Phi) is 4.96. The molecule has 0 aromatic carbocycles. The summed E-state index contributed by atoms with van der Waals surface area (Å²) in [7, 11) is 1.58. The first-order valence-electron chi connectivity index (χ1n) is 6.59. The average molecular weight is 251 g/mol. The van der Waals surface area contributed by atoms with Crippen LogP contribution in [0.3, 0.4) is 0 Å². The van der Waals surface area contributed by atoms with Crippen LogP contribution in [0, 0.1) is 0 Å². The number of aliphatic hydroxyl groups excluding tert-OH is 1. The first kappa shape index (κ1) is 13.3. The Hall–Kier alpha value is -1.13. The lowest BCUT2D eigenvalue weighted by molar-refractivity contribution is 0.0944. The van der Waals surface area contributed by atoms with E-state index < -0.39 is 6.10 Å². The highest BCUT2D eigenvalue weighted by Crippen LogP contribution is 2.23. The molecule has 0 aliphatic carbocycles. The van der Waals surface area contributed by atoms with Gasteiger partial charge in [0.25, 0.3) is 0 Å². The number of nitrogens with zero attached hydrogens (tertiary/aromatic N) is 1. The fourth-order valence-electron chi connectivity index (χ4n) is 2.29. The molecule has 4 heteroatoms. The Morgan fingerprint density at radius 1 is 1.56 bits per heavy atom. The number of methoxy groups -OCH3 is 1. The number of ether oxygens (including phenoxy) is 2. The minimum absolute atomic E-state index is 0.409. The zero-order chi connectivity index (χ0) is 12.8. The van der Waals surface area contributed by atoms with Gasteiger partial charge < -0.3 is 14.6 Å². The van der Waals surface area contributed by atoms with Crippen molar-refractivity contribution in [1.29, 1.82) is 0 Å². The molecule has 1 saturated heterocycles. The van der Waals surface area contributed by atoms with E-state index in [0.29, 0.717) is 12.0 Å². The SMILES string of the molecule is COc1ccc(C(O)CCCC2CCCO2)cn1. The van der Waals surface area contributed by atoms with Gasteiger partial charge in [-0.3, -0.25) is 0 Å². The van der Waals surface area contributed by atoms with E-state index in [1.54, 1.807) is 19.4 Å². The molecule has 1 aromatic rings. The molecule has 2 heterocycles. The second kappa shape index (κ2) is 6.71. The maximum absolute atomic E-state index is 10.0. The smallest absolute Gasteiger partial charge is 0.212 e. The lowest BCUT2D eigenvalue weighted by atomic mass is 10.0. The van der Waals surface area contributed by atoms with Gasteiger partial charge in [0.2, 0.25) is 5.88 Å². The van der Waals surface area contributed by atoms with Crippen LogP contribution in [-0.2, 0) is 4.74 Å². The van der Waals surface area contributed by atoms with Crippen molar-refractivity contribution in [2.45, 2.75) is 44.3 Å². The van der Waals surface area contributed by atoms with E-state index in [0.717, 1.165) is 31.4 Å². The highest BCUT2D eigenvalue weighted by Gasteiger charge is 2.16. The molecule has 0 saturated carbocycles. The summed E-state index contributed by atoms with van der Waals surface area (Å²) >= 11 is 0. The highest BCUT2D eigenvalue weighted by molar-refractivity contribution is 5.19. The molecule has 4 nitrogen and oxygen atoms in total. The Morgan fingerprint density at radius 3 is 3.06 bits per heavy atom. The summed E-state index contributed by atoms with van der Waals surface area (Å²) in [5, 5.41) is 10.0. The summed E-state index contributed by atoms with van der Waals surface area (Å²) in [6.45, 7) is 0.898. The van der Waals surface area contributed by atoms with E-state index in [9.17, 15) is 5.11 Å². The third-order valence-corrected chi connectivity index (χ3v) is 3.38. The van der Waals surface area contributed by atoms with Crippen LogP contribution in [-0.4, -0.2) is 29.9 Å². The van der Waals surface area contributed by atoms with Crippen molar-refractivity contribution in [3.05, 3.63) is 23.9 Å². The molecule has 1 aliphatic rings. The average Bonchev–Trinajstić information content (AvgIpc) is 2.92. The second-order valence-corrected chi connectivity index (χ2v) is 4.72. The maximum atomic E-state index is 10.0. The Bertz CT molecular complexity index is 347. The van der Waals surface area contributed by atoms with Crippen LogP contribution in [0.25, 0.3) is 0 Å². The van der Waals surface area contributed by atoms with E-state index in [1.165, 1.54) is 12.8 Å². The number of pyridine rings is 1. The molecule has 0 spiro atoms. The fourth-order valence-corrected chi connectivity index (χ4v) is 2.29. The van der Waals surface area contributed by atoms with Gasteiger partial charge in [-0.05, 0) is 43.7 Å². The van der Waals surface area contributed by atoms with Gasteiger partial charge in [-0.1, -0.05) is 0 Å². The van der Waals surface area contributed by atoms with Crippen LogP contribution in [0.4, 0.5) is 0 Å². The van der Waals surface area contributed by atoms with Gasteiger partial charge in [-0.15, -0.1) is 0 Å². The third kappa shape index (κ3) is 3.68. The van der Waals surface area contributed by atoms with Crippen molar-refractivity contribution in [2.24, 2.45) is 0 Å². The van der Waals surface area contributed by atoms with Crippen LogP contribution in [0.2, 0.25) is 0 Å². The van der Waals surface area contributed by atoms with Crippen molar-refractivity contribution in [1.82, 2.24) is 4.98 Å². The first-order chi connectivity index (χ1) is 8.79. The van der Waals surface area contributed by atoms with Crippen molar-refractivity contribution in [3.8, 4) is 5.88 Å². The minimum atomic E-state index is -0.440. The van der Waals surface area contributed by atoms with Crippen LogP contribution < -0.4 is 4.74 Å². The lowest BCUT2D eigenvalue weighted by Crippen LogP contribution is -2.06. The lowest BCUT2D eigenvalue weighted by Gasteiger charge is -2.13. The molecule has 0 radical (unpaired) electrons. The maximum Gasteiger partial charge on any atom is 0.212 e. The third-order valence-electron chi connectivity index (χ3n) is 3.38. The molecule has 0 amide bonds. The van der Waals surface area contributed by atoms with E-state index in [-0.39, 0.29) is 0 Å². The summed E-state index contributed by atoms with van der Waals surface area (Å²) in [6, 6.07) is 3.64. The number of rotatable bonds is 6. The summed E-state index contributed by atoms with van der Waals surface area (Å²) in [5.74, 6) is 0.574. The largest absolute Gasteiger partial charge is 0.481 e. The molecule has 1 aromatic heterocycles. The number of hydrogen-bond donors (Lipinski definition) is 1. The molecule has 2 rings (SSSR count). The normalized spacial score (nSPS) is 20.9. The fraction of sp³-hybridized carbons (Fsp3) is 0.643. The Morgan fingerprint density at radius 2 is 2.44 bits per heavy atom. The quantitative estimate of drug-likeness (QED) is 0.844. The molecule has 1 aliphatic heterocycles. The molecule has 1 fully saturated rings. The zero-order valence-corrected chi connectivity index (χ0v) is 10.8. The van der Waals surface area contributed by atoms with Crippen LogP contribution >= 0.6 is 0 Å². The van der Waals surface area contributed by atoms with Crippen LogP contribution in [0.5, 0.6) is 5.88 Å². The highest BCUT2D eigenvalue weighted by atomic mass is 16.5. The molecule has 1 N–H and O–H groups in total. The van der Waals surface area contributed by atoms with E-state index >= 15 is 0 Å². The summed E-state index contributed by atoms with van der Waals surface area (Å²) in [6.07, 6.45) is 6.77. The zero-order valence-electron chi connectivity index (χ0n) is 10.8. The van der Waals surface area contributed by atoms with Crippen molar-refractivity contribution in [3.63, 3.8) is 0 Å². The molecule has 100 valence electrons. The topological polar surface area (TPSA) is 51.6 Å². The van der Waals surface area contributed by atoms with E-state index in [1.807, 2.05) is 6.07 Å². The van der Waals surface area contributed by atoms with E-state index in [2.05, 4.69) is 4.98 Å². The summed E-state index contributed by atoms with van der Waals surface area (Å²) in [4.78, 5) is 4.10. The van der Waals surface area contributed by atoms with Gasteiger partial charge in [0.15, 0.2) is 0 Å². The van der Waals surface area contributed by atoms with Crippen molar-refractivity contribution in [2.75, 3.05) is 13.7 Å². The van der Waals surface area contributed by atoms with Gasteiger partial charge in [-0.25, -0.2) is 4.98 Å². The molecule has 2 unspecified atom stereocenters. The molecular formula is C14H21NO3. The number of aliphatic hydroxyl groups is 1. The van der Waals surface area contributed by atoms with Gasteiger partial charge in [-0.2, -0.15) is 0 Å². The van der Waals surface area contributed by atoms with E-state index in [4.69, 9.17) is 9.47 Å². The van der Waals surface area contributed by atoms with Crippen LogP contribution in [0.1, 0.15) is 43.8 Å². The van der Waals surface area contributed by atoms with Gasteiger partial charge in [0.1, 0.15) is 0 Å². The Labute approximate surface area is 108 Å². The molecule has 2 atom stereocenters. The number of aromatic nitrogens is 1. The van der Waals surface area contributed by atoms with Gasteiger partial charge >= 0.3 is 0 Å². The first-order valence-corrected chi connectivity index (χ1v) is 6.59. The van der Waals surface area contributed by atoms with Crippen molar-refractivity contribution >= 4 is 0 Å². The second-order valence-electron chi connectivity index (χ2n) is 4.72. The Balaban J connectivity index is 1.74. The van der Waals surface area contributed by atoms with Gasteiger partial charge in [0, 0.05) is 18.9 Å². The predicted molar refractivity (Wildman–Crippen MR) is 68.6 cm³/mol. The minimum Gasteiger partial charge on any atom is -0.481 e. The summed E-state index contributed by atoms with van der Waals surface area (Å²) < 4.78 is 10.5. The molecule has 18 heavy (non-hydrogen) atoms. The van der Waals surface area contributed by atoms with Crippen LogP contribution in [0.15, 0.2) is 18.3 Å². The molecule has 0 bridgehead atoms. The number of hydrogen-bond acceptors (Lipinski definition) is 4. The summed E-state index contributed by atoms with van der Waals surface area (Å²) in [5.41, 5.74) is 0.850. The van der Waals surface area contributed by atoms with Crippen molar-refractivity contribution < 1.29 is 14.6 Å². The molecular weight excluding hydrogens is 230 g/mol. The predicted octanol–water partition coefficient (Wildman–Crippen LogP) is 2.47. The van der Waals surface area contributed by atoms with Gasteiger partial charge in [0.05, 0.1) is 19.3 Å². The monoisotopic (exact) mass is 251 g/mol.